The summed E-state index contributed by atoms with van der Waals surface area (Å²) in [6.07, 6.45) is 1.94. The summed E-state index contributed by atoms with van der Waals surface area (Å²) in [5.41, 5.74) is 0.995. The Morgan fingerprint density at radius 3 is 2.93 bits per heavy atom. The zero-order chi connectivity index (χ0) is 9.97. The van der Waals surface area contributed by atoms with Crippen LogP contribution in [0.25, 0.3) is 10.2 Å². The van der Waals surface area contributed by atoms with Crippen molar-refractivity contribution in [3.8, 4) is 5.40 Å². The molecule has 0 amide bonds. The van der Waals surface area contributed by atoms with Gasteiger partial charge in [0.15, 0.2) is 0 Å². The molecule has 2 nitrogen and oxygen atoms in total. The molecule has 0 radical (unpaired) electrons. The van der Waals surface area contributed by atoms with Gasteiger partial charge in [0.05, 0.1) is 10.2 Å². The van der Waals surface area contributed by atoms with E-state index in [0.717, 1.165) is 14.6 Å². The number of para-hydroxylation sites is 1. The van der Waals surface area contributed by atoms with Gasteiger partial charge in [-0.2, -0.15) is 4.98 Å². The molecule has 1 aromatic heterocycles. The summed E-state index contributed by atoms with van der Waals surface area (Å²) in [5.74, 6) is 0. The van der Waals surface area contributed by atoms with Crippen LogP contribution >= 0.6 is 22.1 Å². The van der Waals surface area contributed by atoms with Gasteiger partial charge < -0.3 is 0 Å². The highest BCUT2D eigenvalue weighted by molar-refractivity contribution is 8.75. The Balaban J connectivity index is 2.50. The van der Waals surface area contributed by atoms with Crippen LogP contribution in [0.1, 0.15) is 0 Å². The summed E-state index contributed by atoms with van der Waals surface area (Å²) < 4.78 is 2.09. The molecule has 5 heteroatoms. The number of aromatic nitrogens is 1. The van der Waals surface area contributed by atoms with E-state index in [1.165, 1.54) is 0 Å². The van der Waals surface area contributed by atoms with Gasteiger partial charge in [0, 0.05) is 6.26 Å². The summed E-state index contributed by atoms with van der Waals surface area (Å²) in [5, 5.41) is 11.2. The first kappa shape index (κ1) is 9.84. The lowest BCUT2D eigenvalue weighted by molar-refractivity contribution is 1.31. The van der Waals surface area contributed by atoms with Gasteiger partial charge in [0.2, 0.25) is 9.93 Å². The molecule has 0 spiro atoms. The van der Waals surface area contributed by atoms with Crippen molar-refractivity contribution >= 4 is 42.3 Å². The van der Waals surface area contributed by atoms with Crippen LogP contribution in [0, 0.1) is 10.7 Å². The number of hydrogen-bond acceptors (Lipinski definition) is 4. The average Bonchev–Trinajstić information content (AvgIpc) is 2.63. The molecule has 1 heterocycles. The second-order valence-electron chi connectivity index (χ2n) is 2.47. The highest BCUT2D eigenvalue weighted by Gasteiger charge is 2.27. The van der Waals surface area contributed by atoms with Crippen molar-refractivity contribution < 1.29 is 0 Å². The Hall–Kier alpha value is -0.700. The number of hydrogen-bond donors (Lipinski definition) is 0. The van der Waals surface area contributed by atoms with E-state index in [2.05, 4.69) is 10.4 Å². The molecule has 0 aliphatic rings. The Kier molecular flexibility index (Phi) is 2.96. The number of benzene rings is 1. The van der Waals surface area contributed by atoms with Crippen molar-refractivity contribution in [2.24, 2.45) is 0 Å². The van der Waals surface area contributed by atoms with Gasteiger partial charge in [-0.1, -0.05) is 23.5 Å². The third-order valence-electron chi connectivity index (χ3n) is 1.68. The Bertz CT molecular complexity index is 453. The maximum absolute atomic E-state index is 8.91. The molecule has 2 rings (SSSR count). The van der Waals surface area contributed by atoms with Gasteiger partial charge in [-0.25, -0.2) is 0 Å². The van der Waals surface area contributed by atoms with Crippen molar-refractivity contribution in [2.75, 3.05) is 6.26 Å². The summed E-state index contributed by atoms with van der Waals surface area (Å²) in [4.78, 5) is 4.44. The fourth-order valence-corrected chi connectivity index (χ4v) is 4.62. The monoisotopic (exact) mass is 239 g/mol. The molecule has 0 fully saturated rings. The normalized spacial score (nSPS) is 12.6. The topological polar surface area (TPSA) is 36.7 Å². The van der Waals surface area contributed by atoms with Crippen molar-refractivity contribution in [3.63, 3.8) is 0 Å². The van der Waals surface area contributed by atoms with Gasteiger partial charge >= 0.3 is 9.74 Å². The van der Waals surface area contributed by atoms with E-state index in [0.29, 0.717) is 0 Å². The Morgan fingerprint density at radius 2 is 2.29 bits per heavy atom. The first-order valence-electron chi connectivity index (χ1n) is 3.89. The van der Waals surface area contributed by atoms with Crippen LogP contribution in [0.4, 0.5) is 0 Å². The lowest BCUT2D eigenvalue weighted by atomic mass is 10.3. The summed E-state index contributed by atoms with van der Waals surface area (Å²) in [7, 11) is 1.15. The average molecular weight is 239 g/mol. The molecule has 70 valence electrons. The van der Waals surface area contributed by atoms with E-state index in [1.807, 2.05) is 30.5 Å². The highest BCUT2D eigenvalue weighted by Crippen LogP contribution is 2.30. The van der Waals surface area contributed by atoms with Gasteiger partial charge in [0.1, 0.15) is 10.8 Å². The molecule has 0 saturated carbocycles. The van der Waals surface area contributed by atoms with Crippen molar-refractivity contribution in [2.45, 2.75) is 4.34 Å². The van der Waals surface area contributed by atoms with Crippen molar-refractivity contribution in [1.82, 2.24) is 4.98 Å². The number of thiazole rings is 1. The van der Waals surface area contributed by atoms with Crippen LogP contribution in [0.2, 0.25) is 0 Å². The van der Waals surface area contributed by atoms with E-state index >= 15 is 0 Å². The SMILES string of the molecule is CS[S+](C#N)c1nc2ccccc2s1. The van der Waals surface area contributed by atoms with E-state index in [-0.39, 0.29) is 0 Å². The maximum atomic E-state index is 8.91. The smallest absolute Gasteiger partial charge is 0.189 e. The third kappa shape index (κ3) is 1.73. The number of rotatable bonds is 2. The second-order valence-corrected chi connectivity index (χ2v) is 7.20. The minimum atomic E-state index is -0.405. The molecule has 0 aliphatic heterocycles. The van der Waals surface area contributed by atoms with E-state index < -0.39 is 9.93 Å². The van der Waals surface area contributed by atoms with E-state index in [1.54, 1.807) is 22.1 Å². The zero-order valence-corrected chi connectivity index (χ0v) is 9.88. The van der Waals surface area contributed by atoms with Crippen LogP contribution in [-0.2, 0) is 9.93 Å². The number of fused-ring (bicyclic) bond motifs is 1. The van der Waals surface area contributed by atoms with Gasteiger partial charge in [-0.3, -0.25) is 0 Å². The number of nitrogens with zero attached hydrogens (tertiary/aromatic N) is 2. The highest BCUT2D eigenvalue weighted by atomic mass is 33.1. The van der Waals surface area contributed by atoms with Crippen LogP contribution in [0.3, 0.4) is 0 Å². The van der Waals surface area contributed by atoms with Gasteiger partial charge in [-0.15, -0.1) is 5.26 Å². The van der Waals surface area contributed by atoms with Crippen LogP contribution in [0.5, 0.6) is 0 Å². The fraction of sp³-hybridized carbons (Fsp3) is 0.111. The summed E-state index contributed by atoms with van der Waals surface area (Å²) in [6.45, 7) is 0. The number of nitriles is 1. The molecule has 0 aliphatic carbocycles. The van der Waals surface area contributed by atoms with Crippen LogP contribution < -0.4 is 0 Å². The largest absolute Gasteiger partial charge is 0.341 e. The first-order valence-corrected chi connectivity index (χ1v) is 7.67. The molecule has 1 aromatic carbocycles. The molecule has 1 unspecified atom stereocenters. The first-order chi connectivity index (χ1) is 6.85. The molecular weight excluding hydrogens is 232 g/mol. The van der Waals surface area contributed by atoms with Gasteiger partial charge in [0.25, 0.3) is 0 Å². The molecular formula is C9H7N2S3+. The molecule has 0 saturated heterocycles. The Labute approximate surface area is 92.7 Å². The second kappa shape index (κ2) is 4.22. The third-order valence-corrected chi connectivity index (χ3v) is 6.18. The van der Waals surface area contributed by atoms with Crippen LogP contribution in [0.15, 0.2) is 28.6 Å². The summed E-state index contributed by atoms with van der Waals surface area (Å²) in [6, 6.07) is 7.98. The van der Waals surface area contributed by atoms with E-state index in [4.69, 9.17) is 5.26 Å². The molecule has 14 heavy (non-hydrogen) atoms. The quantitative estimate of drug-likeness (QED) is 0.459. The van der Waals surface area contributed by atoms with E-state index in [9.17, 15) is 0 Å². The predicted octanol–water partition coefficient (Wildman–Crippen LogP) is 3.03. The maximum Gasteiger partial charge on any atom is 0.341 e. The number of thiocyanates is 1. The molecule has 1 atom stereocenters. The lowest BCUT2D eigenvalue weighted by Crippen LogP contribution is -1.89. The molecule has 2 aromatic rings. The lowest BCUT2D eigenvalue weighted by Gasteiger charge is -1.82. The van der Waals surface area contributed by atoms with Crippen LogP contribution in [-0.4, -0.2) is 11.2 Å². The van der Waals surface area contributed by atoms with Crippen molar-refractivity contribution in [1.29, 1.82) is 5.26 Å². The zero-order valence-electron chi connectivity index (χ0n) is 7.43. The summed E-state index contributed by atoms with van der Waals surface area (Å²) >= 11 is 1.61. The van der Waals surface area contributed by atoms with Crippen molar-refractivity contribution in [3.05, 3.63) is 24.3 Å². The predicted molar refractivity (Wildman–Crippen MR) is 64.4 cm³/mol. The molecule has 0 bridgehead atoms. The standard InChI is InChI=1S/C9H7N2S3/c1-12-14(6-10)9-11-7-4-2-3-5-8(7)13-9/h2-5H,1H3/q+1. The minimum absolute atomic E-state index is 0.405. The fourth-order valence-electron chi connectivity index (χ4n) is 1.08. The Morgan fingerprint density at radius 1 is 1.50 bits per heavy atom. The van der Waals surface area contributed by atoms with Gasteiger partial charge in [-0.05, 0) is 12.1 Å². The minimum Gasteiger partial charge on any atom is -0.189 e. The molecule has 0 N–H and O–H groups in total.